The minimum Gasteiger partial charge on any atom is -0.300 e. The van der Waals surface area contributed by atoms with Crippen LogP contribution in [0.2, 0.25) is 0 Å². The fraction of sp³-hybridized carbons (Fsp3) is 0.944. The van der Waals surface area contributed by atoms with Gasteiger partial charge in [-0.15, -0.1) is 0 Å². The minimum atomic E-state index is 0.542. The maximum absolute atomic E-state index is 12.0. The zero-order valence-electron chi connectivity index (χ0n) is 13.1. The molecule has 1 rings (SSSR count). The van der Waals surface area contributed by atoms with Crippen LogP contribution in [-0.4, -0.2) is 5.78 Å². The van der Waals surface area contributed by atoms with Crippen molar-refractivity contribution in [2.75, 3.05) is 0 Å². The van der Waals surface area contributed by atoms with E-state index in [1.54, 1.807) is 0 Å². The van der Waals surface area contributed by atoms with Crippen molar-refractivity contribution < 1.29 is 4.79 Å². The van der Waals surface area contributed by atoms with Crippen molar-refractivity contribution in [3.05, 3.63) is 0 Å². The van der Waals surface area contributed by atoms with Crippen LogP contribution >= 0.6 is 0 Å². The van der Waals surface area contributed by atoms with Gasteiger partial charge in [-0.05, 0) is 12.3 Å². The van der Waals surface area contributed by atoms with Gasteiger partial charge in [0, 0.05) is 12.8 Å². The van der Waals surface area contributed by atoms with E-state index in [0.717, 1.165) is 25.2 Å². The van der Waals surface area contributed by atoms with Crippen molar-refractivity contribution >= 4 is 5.78 Å². The molecule has 0 radical (unpaired) electrons. The Kier molecular flexibility index (Phi) is 10.1. The molecule has 0 aliphatic heterocycles. The van der Waals surface area contributed by atoms with Crippen molar-refractivity contribution in [3.8, 4) is 0 Å². The second kappa shape index (κ2) is 11.5. The zero-order valence-corrected chi connectivity index (χ0v) is 13.1. The minimum absolute atomic E-state index is 0.542. The molecule has 0 aromatic carbocycles. The number of ketones is 1. The average Bonchev–Trinajstić information content (AvgIpc) is 2.66. The molecule has 19 heavy (non-hydrogen) atoms. The third-order valence-electron chi connectivity index (χ3n) is 4.55. The first-order valence-electron chi connectivity index (χ1n) is 8.84. The van der Waals surface area contributed by atoms with E-state index in [0.29, 0.717) is 5.78 Å². The molecule has 1 fully saturated rings. The molecule has 0 spiro atoms. The molecule has 1 nitrogen and oxygen atoms in total. The van der Waals surface area contributed by atoms with Crippen LogP contribution in [0.25, 0.3) is 0 Å². The van der Waals surface area contributed by atoms with Crippen LogP contribution in [0, 0.1) is 5.92 Å². The largest absolute Gasteiger partial charge is 0.300 e. The van der Waals surface area contributed by atoms with E-state index in [1.165, 1.54) is 77.0 Å². The van der Waals surface area contributed by atoms with Gasteiger partial charge in [0.25, 0.3) is 0 Å². The summed E-state index contributed by atoms with van der Waals surface area (Å²) >= 11 is 0. The SMILES string of the molecule is CCCCCCCCCC(=O)CC1CCCCCC1. The maximum atomic E-state index is 12.0. The van der Waals surface area contributed by atoms with Crippen molar-refractivity contribution in [2.45, 2.75) is 103 Å². The maximum Gasteiger partial charge on any atom is 0.133 e. The van der Waals surface area contributed by atoms with E-state index in [2.05, 4.69) is 6.92 Å². The number of carbonyl (C=O) groups excluding carboxylic acids is 1. The fourth-order valence-electron chi connectivity index (χ4n) is 3.27. The molecule has 0 unspecified atom stereocenters. The van der Waals surface area contributed by atoms with Gasteiger partial charge in [0.2, 0.25) is 0 Å². The highest BCUT2D eigenvalue weighted by atomic mass is 16.1. The van der Waals surface area contributed by atoms with Crippen LogP contribution in [-0.2, 0) is 4.79 Å². The van der Waals surface area contributed by atoms with Crippen molar-refractivity contribution in [3.63, 3.8) is 0 Å². The standard InChI is InChI=1S/C18H34O/c1-2-3-4-5-6-7-12-15-18(19)16-17-13-10-8-9-11-14-17/h17H,2-16H2,1H3. The van der Waals surface area contributed by atoms with Gasteiger partial charge in [-0.2, -0.15) is 0 Å². The number of carbonyl (C=O) groups is 1. The molecule has 112 valence electrons. The second-order valence-corrected chi connectivity index (χ2v) is 6.47. The molecule has 0 saturated heterocycles. The summed E-state index contributed by atoms with van der Waals surface area (Å²) in [5, 5.41) is 0. The van der Waals surface area contributed by atoms with Crippen molar-refractivity contribution in [1.29, 1.82) is 0 Å². The van der Waals surface area contributed by atoms with E-state index in [1.807, 2.05) is 0 Å². The highest BCUT2D eigenvalue weighted by Crippen LogP contribution is 2.26. The Bertz CT molecular complexity index is 214. The number of hydrogen-bond acceptors (Lipinski definition) is 1. The molecular weight excluding hydrogens is 232 g/mol. The Balaban J connectivity index is 1.95. The molecule has 1 saturated carbocycles. The highest BCUT2D eigenvalue weighted by Gasteiger charge is 2.15. The molecule has 1 aliphatic carbocycles. The van der Waals surface area contributed by atoms with Gasteiger partial charge in [-0.3, -0.25) is 4.79 Å². The summed E-state index contributed by atoms with van der Waals surface area (Å²) in [5.74, 6) is 1.26. The predicted molar refractivity (Wildman–Crippen MR) is 83.4 cm³/mol. The highest BCUT2D eigenvalue weighted by molar-refractivity contribution is 5.78. The number of hydrogen-bond donors (Lipinski definition) is 0. The molecule has 0 bridgehead atoms. The summed E-state index contributed by atoms with van der Waals surface area (Å²) in [4.78, 5) is 12.0. The summed E-state index contributed by atoms with van der Waals surface area (Å²) in [5.41, 5.74) is 0. The molecule has 0 aromatic rings. The normalized spacial score (nSPS) is 17.3. The Morgan fingerprint density at radius 2 is 1.42 bits per heavy atom. The van der Waals surface area contributed by atoms with E-state index in [9.17, 15) is 4.79 Å². The molecule has 0 atom stereocenters. The average molecular weight is 266 g/mol. The Hall–Kier alpha value is -0.330. The fourth-order valence-corrected chi connectivity index (χ4v) is 3.27. The van der Waals surface area contributed by atoms with Crippen LogP contribution < -0.4 is 0 Å². The van der Waals surface area contributed by atoms with E-state index in [-0.39, 0.29) is 0 Å². The third kappa shape index (κ3) is 9.24. The lowest BCUT2D eigenvalue weighted by molar-refractivity contribution is -0.120. The van der Waals surface area contributed by atoms with Crippen LogP contribution in [0.3, 0.4) is 0 Å². The quantitative estimate of drug-likeness (QED) is 0.347. The molecule has 0 heterocycles. The van der Waals surface area contributed by atoms with Gasteiger partial charge >= 0.3 is 0 Å². The lowest BCUT2D eigenvalue weighted by Gasteiger charge is -2.12. The molecule has 1 heteroatoms. The monoisotopic (exact) mass is 266 g/mol. The van der Waals surface area contributed by atoms with Gasteiger partial charge in [0.05, 0.1) is 0 Å². The van der Waals surface area contributed by atoms with Crippen LogP contribution in [0.15, 0.2) is 0 Å². The molecule has 1 aliphatic rings. The summed E-state index contributed by atoms with van der Waals surface area (Å²) in [7, 11) is 0. The summed E-state index contributed by atoms with van der Waals surface area (Å²) < 4.78 is 0. The molecule has 0 aromatic heterocycles. The van der Waals surface area contributed by atoms with Gasteiger partial charge in [0.1, 0.15) is 5.78 Å². The molecule has 0 N–H and O–H groups in total. The first-order valence-corrected chi connectivity index (χ1v) is 8.84. The third-order valence-corrected chi connectivity index (χ3v) is 4.55. The van der Waals surface area contributed by atoms with E-state index >= 15 is 0 Å². The Morgan fingerprint density at radius 1 is 0.842 bits per heavy atom. The zero-order chi connectivity index (χ0) is 13.8. The van der Waals surface area contributed by atoms with Gasteiger partial charge in [0.15, 0.2) is 0 Å². The van der Waals surface area contributed by atoms with Crippen LogP contribution in [0.4, 0.5) is 0 Å². The van der Waals surface area contributed by atoms with Gasteiger partial charge < -0.3 is 0 Å². The first kappa shape index (κ1) is 16.7. The smallest absolute Gasteiger partial charge is 0.133 e. The number of Topliss-reactive ketones (excluding diaryl/α,β-unsaturated/α-hetero) is 1. The summed E-state index contributed by atoms with van der Waals surface area (Å²) in [6.07, 6.45) is 19.0. The summed E-state index contributed by atoms with van der Waals surface area (Å²) in [6.45, 7) is 2.26. The lowest BCUT2D eigenvalue weighted by Crippen LogP contribution is -2.07. The lowest BCUT2D eigenvalue weighted by atomic mass is 9.92. The van der Waals surface area contributed by atoms with Crippen molar-refractivity contribution in [2.24, 2.45) is 5.92 Å². The van der Waals surface area contributed by atoms with Crippen LogP contribution in [0.1, 0.15) is 103 Å². The van der Waals surface area contributed by atoms with Crippen LogP contribution in [0.5, 0.6) is 0 Å². The van der Waals surface area contributed by atoms with Crippen molar-refractivity contribution in [1.82, 2.24) is 0 Å². The predicted octanol–water partition coefficient (Wildman–Crippen LogP) is 6.06. The van der Waals surface area contributed by atoms with Gasteiger partial charge in [-0.25, -0.2) is 0 Å². The first-order chi connectivity index (χ1) is 9.33. The number of unbranched alkanes of at least 4 members (excludes halogenated alkanes) is 6. The number of rotatable bonds is 10. The Morgan fingerprint density at radius 3 is 2.05 bits per heavy atom. The van der Waals surface area contributed by atoms with E-state index in [4.69, 9.17) is 0 Å². The second-order valence-electron chi connectivity index (χ2n) is 6.47. The summed E-state index contributed by atoms with van der Waals surface area (Å²) in [6, 6.07) is 0. The van der Waals surface area contributed by atoms with Gasteiger partial charge in [-0.1, -0.05) is 84.0 Å². The van der Waals surface area contributed by atoms with E-state index < -0.39 is 0 Å². The Labute approximate surface area is 120 Å². The topological polar surface area (TPSA) is 17.1 Å². The molecule has 0 amide bonds. The molecular formula is C18H34O.